The van der Waals surface area contributed by atoms with Gasteiger partial charge in [0.2, 0.25) is 0 Å². The molecular formula is C24H32N6O8. The summed E-state index contributed by atoms with van der Waals surface area (Å²) in [7, 11) is 2.49. The quantitative estimate of drug-likeness (QED) is 0.215. The van der Waals surface area contributed by atoms with Crippen LogP contribution in [0.2, 0.25) is 0 Å². The maximum atomic E-state index is 11.7. The third kappa shape index (κ3) is 6.52. The summed E-state index contributed by atoms with van der Waals surface area (Å²) < 4.78 is 19.8. The van der Waals surface area contributed by atoms with Crippen LogP contribution >= 0.6 is 0 Å². The molecule has 2 aromatic rings. The van der Waals surface area contributed by atoms with Crippen molar-refractivity contribution in [2.24, 2.45) is 0 Å². The lowest BCUT2D eigenvalue weighted by Crippen LogP contribution is -2.36. The zero-order valence-corrected chi connectivity index (χ0v) is 21.3. The fraction of sp³-hybridized carbons (Fsp3) is 0.417. The number of nitrogen functional groups attached to an aromatic ring is 3. The fourth-order valence-electron chi connectivity index (χ4n) is 4.06. The van der Waals surface area contributed by atoms with E-state index in [0.717, 1.165) is 18.8 Å². The van der Waals surface area contributed by atoms with Gasteiger partial charge in [-0.15, -0.1) is 0 Å². The van der Waals surface area contributed by atoms with E-state index < -0.39 is 22.5 Å². The predicted molar refractivity (Wildman–Crippen MR) is 142 cm³/mol. The number of hydrogen-bond acceptors (Lipinski definition) is 13. The molecule has 0 spiro atoms. The minimum atomic E-state index is -0.779. The number of ether oxygens (including phenoxy) is 4. The monoisotopic (exact) mass is 532 g/mol. The number of morpholine rings is 2. The Morgan fingerprint density at radius 1 is 0.789 bits per heavy atom. The Hall–Kier alpha value is -4.30. The van der Waals surface area contributed by atoms with Gasteiger partial charge in [-0.2, -0.15) is 0 Å². The van der Waals surface area contributed by atoms with E-state index in [2.05, 4.69) is 9.64 Å². The van der Waals surface area contributed by atoms with Gasteiger partial charge >= 0.3 is 17.6 Å². The number of benzene rings is 2. The maximum absolute atomic E-state index is 11.7. The molecule has 0 bridgehead atoms. The number of methoxy groups -OCH3 is 2. The number of anilines is 5. The summed E-state index contributed by atoms with van der Waals surface area (Å²) in [5.41, 5.74) is 19.2. The second kappa shape index (κ2) is 12.8. The largest absolute Gasteiger partial charge is 0.465 e. The van der Waals surface area contributed by atoms with Crippen LogP contribution in [0, 0.1) is 10.1 Å². The first-order valence-corrected chi connectivity index (χ1v) is 11.8. The molecule has 2 fully saturated rings. The first kappa shape index (κ1) is 28.3. The van der Waals surface area contributed by atoms with Crippen LogP contribution in [0.3, 0.4) is 0 Å². The fourth-order valence-corrected chi connectivity index (χ4v) is 4.06. The van der Waals surface area contributed by atoms with Crippen LogP contribution in [-0.2, 0) is 18.9 Å². The van der Waals surface area contributed by atoms with Gasteiger partial charge in [-0.3, -0.25) is 10.1 Å². The van der Waals surface area contributed by atoms with E-state index in [1.54, 1.807) is 12.1 Å². The number of hydrogen-bond donors (Lipinski definition) is 3. The molecule has 0 aromatic heterocycles. The Labute approximate surface area is 219 Å². The van der Waals surface area contributed by atoms with Crippen molar-refractivity contribution in [2.45, 2.75) is 0 Å². The topological polar surface area (TPSA) is 199 Å². The van der Waals surface area contributed by atoms with Gasteiger partial charge in [-0.25, -0.2) is 9.59 Å². The Balaban J connectivity index is 0.000000212. The summed E-state index contributed by atoms with van der Waals surface area (Å²) >= 11 is 0. The number of rotatable bonds is 5. The minimum absolute atomic E-state index is 0.0561. The SMILES string of the molecule is COC(=O)c1cc(N2CCOCC2)cc(N)c1N.COC(=O)c1cc(N2CCOCC2)cc(N)c1[N+](=O)[O-]. The molecule has 0 amide bonds. The van der Waals surface area contributed by atoms with Crippen LogP contribution in [-0.4, -0.2) is 83.7 Å². The second-order valence-corrected chi connectivity index (χ2v) is 8.37. The highest BCUT2D eigenvalue weighted by Gasteiger charge is 2.27. The van der Waals surface area contributed by atoms with Crippen molar-refractivity contribution in [2.75, 3.05) is 93.8 Å². The van der Waals surface area contributed by atoms with Crippen molar-refractivity contribution < 1.29 is 33.5 Å². The number of carbonyl (C=O) groups excluding carboxylic acids is 2. The third-order valence-electron chi connectivity index (χ3n) is 6.07. The lowest BCUT2D eigenvalue weighted by Gasteiger charge is -2.29. The van der Waals surface area contributed by atoms with Crippen LogP contribution in [0.15, 0.2) is 24.3 Å². The molecule has 0 saturated carbocycles. The minimum Gasteiger partial charge on any atom is -0.465 e. The van der Waals surface area contributed by atoms with Gasteiger partial charge in [0.15, 0.2) is 0 Å². The van der Waals surface area contributed by atoms with Crippen molar-refractivity contribution >= 4 is 46.1 Å². The average Bonchev–Trinajstić information content (AvgIpc) is 2.94. The summed E-state index contributed by atoms with van der Waals surface area (Å²) in [5.74, 6) is -1.26. The van der Waals surface area contributed by atoms with Crippen LogP contribution in [0.5, 0.6) is 0 Å². The highest BCUT2D eigenvalue weighted by atomic mass is 16.6. The van der Waals surface area contributed by atoms with E-state index in [-0.39, 0.29) is 16.9 Å². The molecule has 14 nitrogen and oxygen atoms in total. The summed E-state index contributed by atoms with van der Waals surface area (Å²) in [5, 5.41) is 11.0. The highest BCUT2D eigenvalue weighted by Crippen LogP contribution is 2.33. The zero-order valence-electron chi connectivity index (χ0n) is 21.3. The molecule has 0 radical (unpaired) electrons. The van der Waals surface area contributed by atoms with Gasteiger partial charge in [-0.1, -0.05) is 0 Å². The number of nitrogens with two attached hydrogens (primary N) is 3. The van der Waals surface area contributed by atoms with Crippen molar-refractivity contribution in [3.05, 3.63) is 45.5 Å². The van der Waals surface area contributed by atoms with Crippen LogP contribution in [0.25, 0.3) is 0 Å². The molecule has 6 N–H and O–H groups in total. The normalized spacial score (nSPS) is 15.2. The Morgan fingerprint density at radius 3 is 1.66 bits per heavy atom. The number of carbonyl (C=O) groups is 2. The number of nitro benzene ring substituents is 1. The summed E-state index contributed by atoms with van der Waals surface area (Å²) in [6.07, 6.45) is 0. The molecule has 206 valence electrons. The Bertz CT molecular complexity index is 1180. The van der Waals surface area contributed by atoms with E-state index in [4.69, 9.17) is 31.4 Å². The van der Waals surface area contributed by atoms with E-state index in [9.17, 15) is 19.7 Å². The molecule has 14 heteroatoms. The maximum Gasteiger partial charge on any atom is 0.345 e. The molecule has 0 unspecified atom stereocenters. The number of nitro groups is 1. The molecule has 2 aromatic carbocycles. The van der Waals surface area contributed by atoms with Gasteiger partial charge in [0.05, 0.1) is 62.5 Å². The van der Waals surface area contributed by atoms with E-state index in [0.29, 0.717) is 56.5 Å². The standard InChI is InChI=1S/C12H15N3O5.C12H17N3O3/c1-19-12(16)9-6-8(14-2-4-20-5-3-14)7-10(13)11(9)15(17)18;1-17-12(16)9-6-8(7-10(13)11(9)14)15-2-4-18-5-3-15/h6-7H,2-5,13H2,1H3;6-7H,2-5,13-14H2,1H3. The molecule has 2 aliphatic rings. The van der Waals surface area contributed by atoms with Crippen LogP contribution in [0.4, 0.5) is 34.1 Å². The van der Waals surface area contributed by atoms with Crippen molar-refractivity contribution in [1.82, 2.24) is 0 Å². The predicted octanol–water partition coefficient (Wildman–Crippen LogP) is 1.27. The molecule has 0 atom stereocenters. The highest BCUT2D eigenvalue weighted by molar-refractivity contribution is 6.00. The van der Waals surface area contributed by atoms with Crippen molar-refractivity contribution in [1.29, 1.82) is 0 Å². The zero-order chi connectivity index (χ0) is 27.8. The van der Waals surface area contributed by atoms with E-state index in [1.807, 2.05) is 4.90 Å². The second-order valence-electron chi connectivity index (χ2n) is 8.37. The lowest BCUT2D eigenvalue weighted by molar-refractivity contribution is -0.384. The van der Waals surface area contributed by atoms with Gasteiger partial charge in [0.1, 0.15) is 11.3 Å². The van der Waals surface area contributed by atoms with Crippen LogP contribution in [0.1, 0.15) is 20.7 Å². The van der Waals surface area contributed by atoms with E-state index in [1.165, 1.54) is 26.4 Å². The average molecular weight is 533 g/mol. The van der Waals surface area contributed by atoms with Crippen LogP contribution < -0.4 is 27.0 Å². The lowest BCUT2D eigenvalue weighted by atomic mass is 10.1. The number of nitrogens with zero attached hydrogens (tertiary/aromatic N) is 3. The Kier molecular flexibility index (Phi) is 9.51. The summed E-state index contributed by atoms with van der Waals surface area (Å²) in [6.45, 7) is 5.26. The third-order valence-corrected chi connectivity index (χ3v) is 6.07. The van der Waals surface area contributed by atoms with Gasteiger partial charge < -0.3 is 45.9 Å². The molecule has 4 rings (SSSR count). The van der Waals surface area contributed by atoms with Gasteiger partial charge in [-0.05, 0) is 24.3 Å². The molecule has 2 saturated heterocycles. The van der Waals surface area contributed by atoms with E-state index >= 15 is 0 Å². The molecular weight excluding hydrogens is 500 g/mol. The molecule has 2 aliphatic heterocycles. The molecule has 2 heterocycles. The van der Waals surface area contributed by atoms with Gasteiger partial charge in [0, 0.05) is 37.6 Å². The molecule has 0 aliphatic carbocycles. The van der Waals surface area contributed by atoms with Crippen molar-refractivity contribution in [3.8, 4) is 0 Å². The first-order valence-electron chi connectivity index (χ1n) is 11.8. The molecule has 38 heavy (non-hydrogen) atoms. The summed E-state index contributed by atoms with van der Waals surface area (Å²) in [4.78, 5) is 37.7. The first-order chi connectivity index (χ1) is 18.2. The summed E-state index contributed by atoms with van der Waals surface area (Å²) in [6, 6.07) is 6.41. The van der Waals surface area contributed by atoms with Crippen molar-refractivity contribution in [3.63, 3.8) is 0 Å². The van der Waals surface area contributed by atoms with Gasteiger partial charge in [0.25, 0.3) is 0 Å². The smallest absolute Gasteiger partial charge is 0.345 e. The Morgan fingerprint density at radius 2 is 1.21 bits per heavy atom. The number of esters is 2.